The molecule has 0 fully saturated rings. The van der Waals surface area contributed by atoms with Gasteiger partial charge in [0.25, 0.3) is 0 Å². The van der Waals surface area contributed by atoms with Crippen LogP contribution >= 0.6 is 0 Å². The van der Waals surface area contributed by atoms with Crippen LogP contribution in [-0.4, -0.2) is 5.78 Å². The largest absolute Gasteiger partial charge is 0.294 e. The van der Waals surface area contributed by atoms with E-state index in [1.54, 1.807) is 0 Å². The van der Waals surface area contributed by atoms with Gasteiger partial charge in [0.2, 0.25) is 0 Å². The summed E-state index contributed by atoms with van der Waals surface area (Å²) in [7, 11) is 0. The Hall–Kier alpha value is -1.11. The Bertz CT molecular complexity index is 412. The predicted molar refractivity (Wildman–Crippen MR) is 78.1 cm³/mol. The molecule has 1 heteroatoms. The minimum absolute atomic E-state index is 0.206. The summed E-state index contributed by atoms with van der Waals surface area (Å²) >= 11 is 0. The number of Topliss-reactive ketones (excluding diaryl/α,β-unsaturated/α-hetero) is 1. The van der Waals surface area contributed by atoms with E-state index in [4.69, 9.17) is 0 Å². The maximum Gasteiger partial charge on any atom is 0.168 e. The molecule has 0 aliphatic carbocycles. The molecule has 1 unspecified atom stereocenters. The zero-order valence-electron chi connectivity index (χ0n) is 12.8. The zero-order chi connectivity index (χ0) is 14.1. The molecular formula is C17H26O. The molecule has 1 nitrogen and oxygen atoms in total. The monoisotopic (exact) mass is 246 g/mol. The fraction of sp³-hybridized carbons (Fsp3) is 0.588. The quantitative estimate of drug-likeness (QED) is 0.666. The Morgan fingerprint density at radius 2 is 1.39 bits per heavy atom. The van der Waals surface area contributed by atoms with Crippen molar-refractivity contribution in [3.63, 3.8) is 0 Å². The third-order valence-corrected chi connectivity index (χ3v) is 3.65. The molecule has 0 heterocycles. The summed E-state index contributed by atoms with van der Waals surface area (Å²) in [6.45, 7) is 14.8. The Morgan fingerprint density at radius 1 is 0.944 bits per heavy atom. The third-order valence-electron chi connectivity index (χ3n) is 3.65. The maximum absolute atomic E-state index is 12.1. The fourth-order valence-corrected chi connectivity index (χ4v) is 1.86. The molecule has 0 saturated heterocycles. The van der Waals surface area contributed by atoms with Crippen molar-refractivity contribution in [1.82, 2.24) is 0 Å². The number of rotatable bonds is 2. The van der Waals surface area contributed by atoms with Gasteiger partial charge in [-0.3, -0.25) is 4.79 Å². The van der Waals surface area contributed by atoms with Crippen LogP contribution in [-0.2, 0) is 0 Å². The van der Waals surface area contributed by atoms with Crippen molar-refractivity contribution in [2.75, 3.05) is 0 Å². The molecule has 1 rings (SSSR count). The van der Waals surface area contributed by atoms with E-state index in [9.17, 15) is 4.79 Å². The molecular weight excluding hydrogens is 220 g/mol. The van der Waals surface area contributed by atoms with E-state index in [-0.39, 0.29) is 16.6 Å². The van der Waals surface area contributed by atoms with Gasteiger partial charge in [0, 0.05) is 11.0 Å². The zero-order valence-corrected chi connectivity index (χ0v) is 12.8. The molecule has 100 valence electrons. The fourth-order valence-electron chi connectivity index (χ4n) is 1.86. The van der Waals surface area contributed by atoms with E-state index in [2.05, 4.69) is 39.8 Å². The second-order valence-corrected chi connectivity index (χ2v) is 7.29. The Kier molecular flexibility index (Phi) is 4.05. The number of ketones is 1. The van der Waals surface area contributed by atoms with Crippen molar-refractivity contribution < 1.29 is 4.79 Å². The van der Waals surface area contributed by atoms with E-state index in [1.807, 2.05) is 32.9 Å². The first-order valence-corrected chi connectivity index (χ1v) is 6.68. The summed E-state index contributed by atoms with van der Waals surface area (Å²) in [6, 6.07) is 8.11. The average Bonchev–Trinajstić information content (AvgIpc) is 2.25. The first-order chi connectivity index (χ1) is 8.03. The summed E-state index contributed by atoms with van der Waals surface area (Å²) in [6.07, 6.45) is 0. The molecule has 0 spiro atoms. The van der Waals surface area contributed by atoms with Crippen LogP contribution in [0, 0.1) is 10.8 Å². The minimum atomic E-state index is -0.308. The number of benzene rings is 1. The van der Waals surface area contributed by atoms with Crippen LogP contribution < -0.4 is 0 Å². The summed E-state index contributed by atoms with van der Waals surface area (Å²) in [4.78, 5) is 12.1. The topological polar surface area (TPSA) is 17.1 Å². The molecule has 1 aromatic carbocycles. The lowest BCUT2D eigenvalue weighted by Crippen LogP contribution is -2.20. The first kappa shape index (κ1) is 14.9. The van der Waals surface area contributed by atoms with E-state index in [0.29, 0.717) is 5.92 Å². The summed E-state index contributed by atoms with van der Waals surface area (Å²) < 4.78 is 0. The van der Waals surface area contributed by atoms with Gasteiger partial charge in [-0.25, -0.2) is 0 Å². The molecule has 0 amide bonds. The minimum Gasteiger partial charge on any atom is -0.294 e. The molecule has 0 bridgehead atoms. The van der Waals surface area contributed by atoms with E-state index < -0.39 is 0 Å². The van der Waals surface area contributed by atoms with Gasteiger partial charge in [-0.1, -0.05) is 72.7 Å². The van der Waals surface area contributed by atoms with E-state index in [1.165, 1.54) is 5.56 Å². The summed E-state index contributed by atoms with van der Waals surface area (Å²) in [5, 5.41) is 0. The lowest BCUT2D eigenvalue weighted by atomic mass is 9.77. The van der Waals surface area contributed by atoms with Gasteiger partial charge in [0.1, 0.15) is 0 Å². The third kappa shape index (κ3) is 3.44. The number of hydrogen-bond acceptors (Lipinski definition) is 1. The Balaban J connectivity index is 2.98. The number of carbonyl (C=O) groups is 1. The van der Waals surface area contributed by atoms with Crippen LogP contribution in [0.3, 0.4) is 0 Å². The Labute approximate surface area is 112 Å². The summed E-state index contributed by atoms with van der Waals surface area (Å²) in [5.41, 5.74) is 2.05. The Morgan fingerprint density at radius 3 is 1.72 bits per heavy atom. The lowest BCUT2D eigenvalue weighted by Gasteiger charge is -2.28. The SMILES string of the molecule is CC(c1ccc(C(=O)C(C)(C)C)cc1)C(C)(C)C. The maximum atomic E-state index is 12.1. The molecule has 1 aromatic rings. The molecule has 0 aliphatic heterocycles. The van der Waals surface area contributed by atoms with Crippen LogP contribution in [0.1, 0.15) is 70.3 Å². The first-order valence-electron chi connectivity index (χ1n) is 6.68. The highest BCUT2D eigenvalue weighted by atomic mass is 16.1. The van der Waals surface area contributed by atoms with Crippen molar-refractivity contribution in [2.45, 2.75) is 54.4 Å². The van der Waals surface area contributed by atoms with Crippen LogP contribution in [0.5, 0.6) is 0 Å². The van der Waals surface area contributed by atoms with Gasteiger partial charge in [-0.05, 0) is 16.9 Å². The van der Waals surface area contributed by atoms with Crippen molar-refractivity contribution in [3.8, 4) is 0 Å². The van der Waals surface area contributed by atoms with Crippen LogP contribution in [0.2, 0.25) is 0 Å². The highest BCUT2D eigenvalue weighted by Crippen LogP contribution is 2.34. The van der Waals surface area contributed by atoms with Gasteiger partial charge in [0.15, 0.2) is 5.78 Å². The van der Waals surface area contributed by atoms with Crippen molar-refractivity contribution in [3.05, 3.63) is 35.4 Å². The normalized spacial score (nSPS) is 14.4. The van der Waals surface area contributed by atoms with Crippen molar-refractivity contribution in [2.24, 2.45) is 10.8 Å². The molecule has 0 aliphatic rings. The highest BCUT2D eigenvalue weighted by Gasteiger charge is 2.24. The average molecular weight is 246 g/mol. The molecule has 0 N–H and O–H groups in total. The molecule has 0 radical (unpaired) electrons. The lowest BCUT2D eigenvalue weighted by molar-refractivity contribution is 0.0858. The predicted octanol–water partition coefficient (Wildman–Crippen LogP) is 5.07. The molecule has 0 saturated carbocycles. The molecule has 18 heavy (non-hydrogen) atoms. The van der Waals surface area contributed by atoms with Crippen molar-refractivity contribution in [1.29, 1.82) is 0 Å². The van der Waals surface area contributed by atoms with Gasteiger partial charge < -0.3 is 0 Å². The number of carbonyl (C=O) groups excluding carboxylic acids is 1. The van der Waals surface area contributed by atoms with Crippen LogP contribution in [0.4, 0.5) is 0 Å². The van der Waals surface area contributed by atoms with Gasteiger partial charge >= 0.3 is 0 Å². The van der Waals surface area contributed by atoms with E-state index >= 15 is 0 Å². The van der Waals surface area contributed by atoms with Crippen molar-refractivity contribution >= 4 is 5.78 Å². The van der Waals surface area contributed by atoms with Gasteiger partial charge in [-0.15, -0.1) is 0 Å². The van der Waals surface area contributed by atoms with Gasteiger partial charge in [-0.2, -0.15) is 0 Å². The second-order valence-electron chi connectivity index (χ2n) is 7.29. The van der Waals surface area contributed by atoms with E-state index in [0.717, 1.165) is 5.56 Å². The smallest absolute Gasteiger partial charge is 0.168 e. The van der Waals surface area contributed by atoms with Gasteiger partial charge in [0.05, 0.1) is 0 Å². The standard InChI is InChI=1S/C17H26O/c1-12(16(2,3)4)13-8-10-14(11-9-13)15(18)17(5,6)7/h8-12H,1-7H3. The molecule has 1 atom stereocenters. The summed E-state index contributed by atoms with van der Waals surface area (Å²) in [5.74, 6) is 0.689. The van der Waals surface area contributed by atoms with Crippen LogP contribution in [0.25, 0.3) is 0 Å². The van der Waals surface area contributed by atoms with Crippen LogP contribution in [0.15, 0.2) is 24.3 Å². The molecule has 0 aromatic heterocycles. The second kappa shape index (κ2) is 4.87. The number of hydrogen-bond donors (Lipinski definition) is 0. The highest BCUT2D eigenvalue weighted by molar-refractivity contribution is 5.99.